The van der Waals surface area contributed by atoms with E-state index in [0.29, 0.717) is 23.5 Å². The summed E-state index contributed by atoms with van der Waals surface area (Å²) >= 11 is 0. The molecular weight excluding hydrogens is 283 g/mol. The number of rotatable bonds is 4. The van der Waals surface area contributed by atoms with Gasteiger partial charge in [-0.25, -0.2) is 4.39 Å². The minimum absolute atomic E-state index is 0.115. The summed E-state index contributed by atoms with van der Waals surface area (Å²) in [6.45, 7) is 5.78. The number of amides is 1. The van der Waals surface area contributed by atoms with Gasteiger partial charge >= 0.3 is 0 Å². The number of nitrogens with one attached hydrogen (secondary N) is 1. The van der Waals surface area contributed by atoms with Crippen LogP contribution >= 0.6 is 0 Å². The number of aryl methyl sites for hydroxylation is 2. The van der Waals surface area contributed by atoms with E-state index in [1.807, 2.05) is 0 Å². The van der Waals surface area contributed by atoms with Crippen molar-refractivity contribution in [2.24, 2.45) is 0 Å². The molecule has 0 aliphatic rings. The molecule has 0 radical (unpaired) electrons. The summed E-state index contributed by atoms with van der Waals surface area (Å²) in [4.78, 5) is 29.2. The number of aromatic amines is 1. The maximum absolute atomic E-state index is 13.8. The average molecular weight is 302 g/mol. The number of aromatic nitrogens is 1. The summed E-state index contributed by atoms with van der Waals surface area (Å²) in [6, 6.07) is 7.72. The van der Waals surface area contributed by atoms with Crippen LogP contribution in [0.15, 0.2) is 35.1 Å². The highest BCUT2D eigenvalue weighted by Gasteiger charge is 2.21. The Morgan fingerprint density at radius 1 is 1.27 bits per heavy atom. The van der Waals surface area contributed by atoms with Crippen LogP contribution in [-0.4, -0.2) is 22.3 Å². The Labute approximate surface area is 128 Å². The van der Waals surface area contributed by atoms with Gasteiger partial charge in [0.25, 0.3) is 5.91 Å². The maximum Gasteiger partial charge on any atom is 0.259 e. The van der Waals surface area contributed by atoms with E-state index in [9.17, 15) is 14.0 Å². The van der Waals surface area contributed by atoms with Gasteiger partial charge in [-0.3, -0.25) is 9.59 Å². The Kier molecular flexibility index (Phi) is 4.75. The Hall–Kier alpha value is -2.43. The zero-order valence-corrected chi connectivity index (χ0v) is 12.9. The van der Waals surface area contributed by atoms with E-state index >= 15 is 0 Å². The summed E-state index contributed by atoms with van der Waals surface area (Å²) in [5.41, 5.74) is 1.46. The van der Waals surface area contributed by atoms with Gasteiger partial charge in [-0.05, 0) is 26.8 Å². The van der Waals surface area contributed by atoms with Gasteiger partial charge in [0.05, 0.1) is 0 Å². The number of benzene rings is 1. The molecule has 22 heavy (non-hydrogen) atoms. The molecule has 0 bridgehead atoms. The van der Waals surface area contributed by atoms with Gasteiger partial charge in [-0.1, -0.05) is 18.2 Å². The molecule has 1 aromatic heterocycles. The second-order valence-electron chi connectivity index (χ2n) is 5.23. The third-order valence-electron chi connectivity index (χ3n) is 3.56. The van der Waals surface area contributed by atoms with Gasteiger partial charge in [0.1, 0.15) is 11.4 Å². The number of hydrogen-bond acceptors (Lipinski definition) is 2. The topological polar surface area (TPSA) is 53.2 Å². The number of halogens is 1. The van der Waals surface area contributed by atoms with Crippen molar-refractivity contribution in [3.63, 3.8) is 0 Å². The molecule has 0 saturated carbocycles. The number of carbonyl (C=O) groups excluding carboxylic acids is 1. The van der Waals surface area contributed by atoms with E-state index in [0.717, 1.165) is 0 Å². The summed E-state index contributed by atoms with van der Waals surface area (Å²) in [5, 5.41) is 0. The second-order valence-corrected chi connectivity index (χ2v) is 5.23. The molecule has 5 heteroatoms. The van der Waals surface area contributed by atoms with Gasteiger partial charge in [-0.15, -0.1) is 0 Å². The highest BCUT2D eigenvalue weighted by Crippen LogP contribution is 2.13. The molecule has 0 spiro atoms. The van der Waals surface area contributed by atoms with E-state index in [1.54, 1.807) is 39.0 Å². The van der Waals surface area contributed by atoms with Gasteiger partial charge in [-0.2, -0.15) is 0 Å². The van der Waals surface area contributed by atoms with Crippen molar-refractivity contribution in [1.29, 1.82) is 0 Å². The number of carbonyl (C=O) groups is 1. The first-order valence-electron chi connectivity index (χ1n) is 7.17. The van der Waals surface area contributed by atoms with Crippen molar-refractivity contribution >= 4 is 5.91 Å². The fraction of sp³-hybridized carbons (Fsp3) is 0.294. The van der Waals surface area contributed by atoms with Crippen molar-refractivity contribution < 1.29 is 9.18 Å². The lowest BCUT2D eigenvalue weighted by atomic mass is 10.1. The summed E-state index contributed by atoms with van der Waals surface area (Å²) in [6.07, 6.45) is 0. The van der Waals surface area contributed by atoms with Gasteiger partial charge in [0, 0.05) is 36.1 Å². The number of hydrogen-bond donors (Lipinski definition) is 1. The Bertz CT molecular complexity index is 753. The van der Waals surface area contributed by atoms with Crippen molar-refractivity contribution in [3.8, 4) is 0 Å². The van der Waals surface area contributed by atoms with Crippen molar-refractivity contribution in [2.45, 2.75) is 27.3 Å². The van der Waals surface area contributed by atoms with Gasteiger partial charge in [0.2, 0.25) is 0 Å². The molecule has 1 amide bonds. The van der Waals surface area contributed by atoms with Gasteiger partial charge in [0.15, 0.2) is 5.43 Å². The third-order valence-corrected chi connectivity index (χ3v) is 3.56. The number of nitrogens with zero attached hydrogens (tertiary/aromatic N) is 1. The van der Waals surface area contributed by atoms with Crippen LogP contribution in [0.4, 0.5) is 4.39 Å². The maximum atomic E-state index is 13.8. The molecule has 0 fully saturated rings. The molecule has 1 aromatic carbocycles. The SMILES string of the molecule is CCN(Cc1ccccc1F)C(=O)c1c(C)[nH]c(C)cc1=O. The minimum Gasteiger partial charge on any atom is -0.362 e. The highest BCUT2D eigenvalue weighted by atomic mass is 19.1. The highest BCUT2D eigenvalue weighted by molar-refractivity contribution is 5.95. The quantitative estimate of drug-likeness (QED) is 0.944. The molecule has 2 rings (SSSR count). The van der Waals surface area contributed by atoms with Crippen LogP contribution in [0.5, 0.6) is 0 Å². The van der Waals surface area contributed by atoms with Crippen molar-refractivity contribution in [3.05, 3.63) is 68.9 Å². The van der Waals surface area contributed by atoms with Crippen LogP contribution in [0.25, 0.3) is 0 Å². The van der Waals surface area contributed by atoms with Crippen LogP contribution in [0.3, 0.4) is 0 Å². The first kappa shape index (κ1) is 15.9. The average Bonchev–Trinajstić information content (AvgIpc) is 2.45. The predicted octanol–water partition coefficient (Wildman–Crippen LogP) is 2.79. The molecular formula is C17H19FN2O2. The van der Waals surface area contributed by atoms with Gasteiger partial charge < -0.3 is 9.88 Å². The summed E-state index contributed by atoms with van der Waals surface area (Å²) in [5.74, 6) is -0.743. The van der Waals surface area contributed by atoms with Crippen LogP contribution < -0.4 is 5.43 Å². The zero-order chi connectivity index (χ0) is 16.3. The molecule has 1 heterocycles. The molecule has 0 atom stereocenters. The van der Waals surface area contributed by atoms with E-state index in [2.05, 4.69) is 4.98 Å². The molecule has 0 aliphatic heterocycles. The van der Waals surface area contributed by atoms with Crippen LogP contribution in [-0.2, 0) is 6.54 Å². The van der Waals surface area contributed by atoms with Crippen LogP contribution in [0, 0.1) is 19.7 Å². The number of pyridine rings is 1. The lowest BCUT2D eigenvalue weighted by molar-refractivity contribution is 0.0748. The van der Waals surface area contributed by atoms with E-state index in [-0.39, 0.29) is 29.3 Å². The summed E-state index contributed by atoms with van der Waals surface area (Å²) < 4.78 is 13.8. The Morgan fingerprint density at radius 3 is 2.55 bits per heavy atom. The third kappa shape index (κ3) is 3.24. The molecule has 2 aromatic rings. The molecule has 0 saturated heterocycles. The predicted molar refractivity (Wildman–Crippen MR) is 83.4 cm³/mol. The van der Waals surface area contributed by atoms with Crippen LogP contribution in [0.2, 0.25) is 0 Å². The first-order chi connectivity index (χ1) is 10.4. The Balaban J connectivity index is 2.34. The van der Waals surface area contributed by atoms with Crippen LogP contribution in [0.1, 0.15) is 34.2 Å². The standard InChI is InChI=1S/C17H19FN2O2/c1-4-20(10-13-7-5-6-8-14(13)18)17(22)16-12(3)19-11(2)9-15(16)21/h5-9H,4,10H2,1-3H3,(H,19,21). The number of H-pyrrole nitrogens is 1. The molecule has 0 aliphatic carbocycles. The van der Waals surface area contributed by atoms with Crippen molar-refractivity contribution in [1.82, 2.24) is 9.88 Å². The minimum atomic E-state index is -0.385. The zero-order valence-electron chi connectivity index (χ0n) is 12.9. The molecule has 1 N–H and O–H groups in total. The monoisotopic (exact) mass is 302 g/mol. The fourth-order valence-electron chi connectivity index (χ4n) is 2.43. The van der Waals surface area contributed by atoms with Crippen molar-refractivity contribution in [2.75, 3.05) is 6.54 Å². The lowest BCUT2D eigenvalue weighted by Crippen LogP contribution is -2.35. The van der Waals surface area contributed by atoms with E-state index in [1.165, 1.54) is 17.0 Å². The van der Waals surface area contributed by atoms with E-state index in [4.69, 9.17) is 0 Å². The second kappa shape index (κ2) is 6.56. The first-order valence-corrected chi connectivity index (χ1v) is 7.17. The Morgan fingerprint density at radius 2 is 1.95 bits per heavy atom. The normalized spacial score (nSPS) is 10.5. The smallest absolute Gasteiger partial charge is 0.259 e. The molecule has 0 unspecified atom stereocenters. The summed E-state index contributed by atoms with van der Waals surface area (Å²) in [7, 11) is 0. The van der Waals surface area contributed by atoms with E-state index < -0.39 is 0 Å². The molecule has 116 valence electrons. The molecule has 4 nitrogen and oxygen atoms in total. The largest absolute Gasteiger partial charge is 0.362 e. The lowest BCUT2D eigenvalue weighted by Gasteiger charge is -2.22. The fourth-order valence-corrected chi connectivity index (χ4v) is 2.43.